The Morgan fingerprint density at radius 3 is 2.16 bits per heavy atom. The van der Waals surface area contributed by atoms with Gasteiger partial charge in [-0.3, -0.25) is 4.79 Å². The Bertz CT molecular complexity index is 1570. The van der Waals surface area contributed by atoms with Crippen LogP contribution in [-0.4, -0.2) is 12.1 Å². The quantitative estimate of drug-likeness (QED) is 0.139. The average Bonchev–Trinajstić information content (AvgIpc) is 3.74. The van der Waals surface area contributed by atoms with Crippen LogP contribution in [0.15, 0.2) is 11.6 Å². The van der Waals surface area contributed by atoms with E-state index in [1.54, 1.807) is 5.57 Å². The lowest BCUT2D eigenvalue weighted by molar-refractivity contribution is -0.213. The van der Waals surface area contributed by atoms with Gasteiger partial charge in [0.05, 0.1) is 5.41 Å². The third-order valence-electron chi connectivity index (χ3n) is 23.6. The fraction of sp³-hybridized carbons (Fsp3) is 0.946. The molecule has 0 aromatic carbocycles. The van der Waals surface area contributed by atoms with Gasteiger partial charge in [-0.15, -0.1) is 0 Å². The molecule has 0 N–H and O–H groups in total. The molecule has 0 aromatic rings. The first-order valence-corrected chi connectivity index (χ1v) is 26.3. The number of rotatable bonds is 8. The molecule has 0 aromatic heterocycles. The van der Waals surface area contributed by atoms with Crippen molar-refractivity contribution < 1.29 is 9.53 Å². The van der Waals surface area contributed by atoms with E-state index >= 15 is 4.79 Å². The van der Waals surface area contributed by atoms with Gasteiger partial charge in [-0.1, -0.05) is 107 Å². The molecule has 328 valence electrons. The van der Waals surface area contributed by atoms with Crippen LogP contribution in [-0.2, 0) is 9.53 Å². The highest BCUT2D eigenvalue weighted by atomic mass is 16.5. The molecular weight excluding hydrogens is 705 g/mol. The number of fused-ring (bicyclic) bond motifs is 12. The van der Waals surface area contributed by atoms with Gasteiger partial charge < -0.3 is 4.74 Å². The van der Waals surface area contributed by atoms with Crippen LogP contribution in [0.25, 0.3) is 0 Å². The molecule has 9 aliphatic carbocycles. The Labute approximate surface area is 358 Å². The molecule has 0 saturated heterocycles. The lowest BCUT2D eigenvalue weighted by atomic mass is 9.35. The lowest BCUT2D eigenvalue weighted by Crippen LogP contribution is -2.63. The van der Waals surface area contributed by atoms with Crippen molar-refractivity contribution >= 4 is 5.97 Å². The van der Waals surface area contributed by atoms with Gasteiger partial charge in [0.2, 0.25) is 0 Å². The second-order valence-corrected chi connectivity index (χ2v) is 26.5. The fourth-order valence-electron chi connectivity index (χ4n) is 20.1. The number of hydrogen-bond acceptors (Lipinski definition) is 2. The van der Waals surface area contributed by atoms with E-state index in [1.165, 1.54) is 116 Å². The van der Waals surface area contributed by atoms with Gasteiger partial charge in [0.15, 0.2) is 0 Å². The summed E-state index contributed by atoms with van der Waals surface area (Å²) in [5.41, 5.74) is 3.67. The molecular formula is C56H92O2. The number of carbonyl (C=O) groups is 1. The smallest absolute Gasteiger partial charge is 0.312 e. The monoisotopic (exact) mass is 797 g/mol. The van der Waals surface area contributed by atoms with Crippen LogP contribution in [0.1, 0.15) is 217 Å². The van der Waals surface area contributed by atoms with Crippen LogP contribution in [0.4, 0.5) is 0 Å². The van der Waals surface area contributed by atoms with Crippen molar-refractivity contribution in [3.05, 3.63) is 11.6 Å². The molecule has 0 aliphatic heterocycles. The zero-order valence-electron chi connectivity index (χ0n) is 40.0. The van der Waals surface area contributed by atoms with Crippen molar-refractivity contribution in [2.45, 2.75) is 224 Å². The first-order chi connectivity index (χ1) is 27.4. The minimum Gasteiger partial charge on any atom is -0.462 e. The average molecular weight is 797 g/mol. The Morgan fingerprint density at radius 1 is 0.690 bits per heavy atom. The van der Waals surface area contributed by atoms with Crippen molar-refractivity contribution in [2.75, 3.05) is 0 Å². The normalized spacial score (nSPS) is 51.7. The third kappa shape index (κ3) is 6.24. The van der Waals surface area contributed by atoms with Gasteiger partial charge in [-0.05, 0) is 220 Å². The first-order valence-electron chi connectivity index (χ1n) is 26.3. The third-order valence-corrected chi connectivity index (χ3v) is 23.6. The molecule has 0 spiro atoms. The molecule has 2 nitrogen and oxygen atoms in total. The molecule has 0 radical (unpaired) electrons. The molecule has 0 bridgehead atoms. The summed E-state index contributed by atoms with van der Waals surface area (Å²) >= 11 is 0. The molecule has 0 heterocycles. The fourth-order valence-corrected chi connectivity index (χ4v) is 20.1. The van der Waals surface area contributed by atoms with E-state index in [0.717, 1.165) is 78.9 Å². The molecule has 2 heteroatoms. The molecule has 8 fully saturated rings. The summed E-state index contributed by atoms with van der Waals surface area (Å²) in [7, 11) is 0. The van der Waals surface area contributed by atoms with Crippen molar-refractivity contribution in [1.82, 2.24) is 0 Å². The molecule has 17 atom stereocenters. The van der Waals surface area contributed by atoms with E-state index in [9.17, 15) is 0 Å². The Hall–Kier alpha value is -0.790. The summed E-state index contributed by atoms with van der Waals surface area (Å²) in [5, 5.41) is 0. The second-order valence-electron chi connectivity index (χ2n) is 26.5. The van der Waals surface area contributed by atoms with Crippen LogP contribution in [0.3, 0.4) is 0 Å². The van der Waals surface area contributed by atoms with Crippen LogP contribution in [0, 0.1) is 109 Å². The van der Waals surface area contributed by atoms with E-state index < -0.39 is 0 Å². The Morgan fingerprint density at radius 2 is 1.40 bits per heavy atom. The van der Waals surface area contributed by atoms with Crippen LogP contribution in [0.2, 0.25) is 0 Å². The van der Waals surface area contributed by atoms with Gasteiger partial charge in [0, 0.05) is 6.42 Å². The summed E-state index contributed by atoms with van der Waals surface area (Å²) in [6.07, 6.45) is 32.2. The number of hydrogen-bond donors (Lipinski definition) is 0. The minimum atomic E-state index is -0.239. The highest BCUT2D eigenvalue weighted by Crippen LogP contribution is 2.75. The summed E-state index contributed by atoms with van der Waals surface area (Å²) in [5.74, 6) is 10.5. The van der Waals surface area contributed by atoms with Gasteiger partial charge >= 0.3 is 5.97 Å². The van der Waals surface area contributed by atoms with Crippen molar-refractivity contribution in [3.8, 4) is 0 Å². The predicted molar refractivity (Wildman–Crippen MR) is 242 cm³/mol. The largest absolute Gasteiger partial charge is 0.462 e. The maximum Gasteiger partial charge on any atom is 0.312 e. The van der Waals surface area contributed by atoms with Crippen LogP contribution in [0.5, 0.6) is 0 Å². The second kappa shape index (κ2) is 14.9. The topological polar surface area (TPSA) is 26.3 Å². The maximum atomic E-state index is 15.2. The Kier molecular flexibility index (Phi) is 10.9. The van der Waals surface area contributed by atoms with Crippen LogP contribution >= 0.6 is 0 Å². The standard InChI is InChI=1S/C56H92O2/c1-35(2)14-12-13-15-38-17-20-44-42-18-16-39-34-40(23-29-53(39,9)45(42)25-30-52(38,44)8)58-50(57)56-32-24-41(36(3)4)49(56)43-19-21-48-54(10,46(43)26-33-56)31-27-47-51(6,7)37(5)22-28-55(47,48)11/h16,35-38,40-49H,12-15,17-34H2,1-11H3/t37?,38?,40-,41?,42-,43-,44-,45-,46?,47?,48-,49?,52+,53-,54-,55-,56-/m0/s1. The first kappa shape index (κ1) is 42.5. The Balaban J connectivity index is 0.893. The summed E-state index contributed by atoms with van der Waals surface area (Å²) in [6.45, 7) is 28.5. The van der Waals surface area contributed by atoms with E-state index in [-0.39, 0.29) is 17.5 Å². The summed E-state index contributed by atoms with van der Waals surface area (Å²) < 4.78 is 7.01. The molecule has 0 amide bonds. The number of esters is 1. The molecule has 9 rings (SSSR count). The molecule has 58 heavy (non-hydrogen) atoms. The van der Waals surface area contributed by atoms with Gasteiger partial charge in [0.25, 0.3) is 0 Å². The highest BCUT2D eigenvalue weighted by molar-refractivity contribution is 5.78. The number of carbonyl (C=O) groups excluding carboxylic acids is 1. The van der Waals surface area contributed by atoms with Crippen LogP contribution < -0.4 is 0 Å². The molecule has 8 saturated carbocycles. The molecule has 6 unspecified atom stereocenters. The number of allylic oxidation sites excluding steroid dienone is 1. The van der Waals surface area contributed by atoms with E-state index in [2.05, 4.69) is 82.2 Å². The zero-order chi connectivity index (χ0) is 41.2. The lowest BCUT2D eigenvalue weighted by Gasteiger charge is -2.69. The van der Waals surface area contributed by atoms with E-state index in [4.69, 9.17) is 4.74 Å². The van der Waals surface area contributed by atoms with Gasteiger partial charge in [-0.25, -0.2) is 0 Å². The zero-order valence-corrected chi connectivity index (χ0v) is 40.0. The van der Waals surface area contributed by atoms with Gasteiger partial charge in [0.1, 0.15) is 6.10 Å². The predicted octanol–water partition coefficient (Wildman–Crippen LogP) is 15.7. The minimum absolute atomic E-state index is 0.0882. The van der Waals surface area contributed by atoms with Crippen molar-refractivity contribution in [1.29, 1.82) is 0 Å². The van der Waals surface area contributed by atoms with Gasteiger partial charge in [-0.2, -0.15) is 0 Å². The van der Waals surface area contributed by atoms with Crippen molar-refractivity contribution in [2.24, 2.45) is 109 Å². The SMILES string of the molecule is CC(C)CCCCC1CC[C@H]2[C@@H]3CC=C4C[C@@H](OC(=O)[C@]56CCC(C(C)C)C5[C@H]5CC[C@H]7[C@@](C)(CCC8C(C)(C)C(C)CC[C@@]87C)C5CC6)CC[C@]4(C)[C@H]3CC[C@]12C. The van der Waals surface area contributed by atoms with Crippen molar-refractivity contribution in [3.63, 3.8) is 0 Å². The van der Waals surface area contributed by atoms with E-state index in [0.29, 0.717) is 50.7 Å². The molecule has 9 aliphatic rings. The number of ether oxygens (including phenoxy) is 1. The summed E-state index contributed by atoms with van der Waals surface area (Å²) in [4.78, 5) is 15.2. The summed E-state index contributed by atoms with van der Waals surface area (Å²) in [6, 6.07) is 0. The maximum absolute atomic E-state index is 15.2. The van der Waals surface area contributed by atoms with E-state index in [1.807, 2.05) is 0 Å². The highest BCUT2D eigenvalue weighted by Gasteiger charge is 2.69. The number of unbranched alkanes of at least 4 members (excludes halogenated alkanes) is 1.